The Bertz CT molecular complexity index is 160. The first kappa shape index (κ1) is 9.48. The summed E-state index contributed by atoms with van der Waals surface area (Å²) in [7, 11) is 1.68. The van der Waals surface area contributed by atoms with Crippen molar-refractivity contribution in [3.63, 3.8) is 0 Å². The smallest absolute Gasteiger partial charge is 0.317 e. The number of carboxylic acid groups (broad SMARTS) is 1. The first-order valence-corrected chi connectivity index (χ1v) is 4.15. The van der Waals surface area contributed by atoms with Crippen LogP contribution in [-0.4, -0.2) is 49.3 Å². The second-order valence-electron chi connectivity index (χ2n) is 3.24. The second kappa shape index (κ2) is 4.42. The minimum absolute atomic E-state index is 0.167. The van der Waals surface area contributed by atoms with Gasteiger partial charge in [0.05, 0.1) is 13.2 Å². The van der Waals surface area contributed by atoms with Crippen molar-refractivity contribution < 1.29 is 14.6 Å². The first-order chi connectivity index (χ1) is 5.72. The van der Waals surface area contributed by atoms with Crippen molar-refractivity contribution in [1.82, 2.24) is 4.90 Å². The Kier molecular flexibility index (Phi) is 3.49. The summed E-state index contributed by atoms with van der Waals surface area (Å²) in [6.07, 6.45) is 1.06. The molecular formula is C8H15NO3. The fourth-order valence-corrected chi connectivity index (χ4v) is 1.62. The molecular weight excluding hydrogens is 158 g/mol. The summed E-state index contributed by atoms with van der Waals surface area (Å²) < 4.78 is 5.00. The number of hydrogen-bond donors (Lipinski definition) is 1. The minimum atomic E-state index is -0.743. The van der Waals surface area contributed by atoms with E-state index >= 15 is 0 Å². The monoisotopic (exact) mass is 173 g/mol. The van der Waals surface area contributed by atoms with Crippen LogP contribution in [0.3, 0.4) is 0 Å². The summed E-state index contributed by atoms with van der Waals surface area (Å²) in [5, 5.41) is 8.52. The lowest BCUT2D eigenvalue weighted by Gasteiger charge is -2.12. The molecule has 0 radical (unpaired) electrons. The van der Waals surface area contributed by atoms with Crippen molar-refractivity contribution in [3.05, 3.63) is 0 Å². The van der Waals surface area contributed by atoms with E-state index in [1.807, 2.05) is 4.90 Å². The van der Waals surface area contributed by atoms with Crippen molar-refractivity contribution in [2.75, 3.05) is 33.4 Å². The van der Waals surface area contributed by atoms with Gasteiger partial charge < -0.3 is 9.84 Å². The molecule has 0 aromatic carbocycles. The molecule has 1 rings (SSSR count). The molecule has 0 spiro atoms. The molecule has 1 fully saturated rings. The summed E-state index contributed by atoms with van der Waals surface area (Å²) in [6.45, 7) is 2.66. The van der Waals surface area contributed by atoms with Gasteiger partial charge in [-0.15, -0.1) is 0 Å². The fraction of sp³-hybridized carbons (Fsp3) is 0.875. The van der Waals surface area contributed by atoms with Gasteiger partial charge in [-0.3, -0.25) is 9.69 Å². The molecule has 1 heterocycles. The van der Waals surface area contributed by atoms with Crippen LogP contribution in [0.25, 0.3) is 0 Å². The Morgan fingerprint density at radius 2 is 2.50 bits per heavy atom. The van der Waals surface area contributed by atoms with Crippen LogP contribution in [0.2, 0.25) is 0 Å². The number of ether oxygens (including phenoxy) is 1. The quantitative estimate of drug-likeness (QED) is 0.652. The van der Waals surface area contributed by atoms with Gasteiger partial charge in [0.25, 0.3) is 0 Å². The summed E-state index contributed by atoms with van der Waals surface area (Å²) in [5.74, 6) is -0.220. The Balaban J connectivity index is 2.21. The van der Waals surface area contributed by atoms with E-state index in [4.69, 9.17) is 9.84 Å². The van der Waals surface area contributed by atoms with E-state index in [0.29, 0.717) is 5.92 Å². The van der Waals surface area contributed by atoms with E-state index in [2.05, 4.69) is 0 Å². The van der Waals surface area contributed by atoms with Gasteiger partial charge in [0, 0.05) is 13.7 Å². The molecule has 4 heteroatoms. The molecule has 0 aromatic heterocycles. The molecule has 70 valence electrons. The number of hydrogen-bond acceptors (Lipinski definition) is 3. The van der Waals surface area contributed by atoms with Crippen molar-refractivity contribution in [1.29, 1.82) is 0 Å². The summed E-state index contributed by atoms with van der Waals surface area (Å²) >= 11 is 0. The van der Waals surface area contributed by atoms with Gasteiger partial charge in [-0.2, -0.15) is 0 Å². The molecule has 4 nitrogen and oxygen atoms in total. The predicted octanol–water partition coefficient (Wildman–Crippen LogP) is 0.0393. The zero-order valence-electron chi connectivity index (χ0n) is 7.32. The fourth-order valence-electron chi connectivity index (χ4n) is 1.62. The van der Waals surface area contributed by atoms with Crippen molar-refractivity contribution >= 4 is 5.97 Å². The molecule has 0 aromatic rings. The predicted molar refractivity (Wildman–Crippen MR) is 44.1 cm³/mol. The lowest BCUT2D eigenvalue weighted by atomic mass is 10.1. The highest BCUT2D eigenvalue weighted by atomic mass is 16.5. The minimum Gasteiger partial charge on any atom is -0.480 e. The molecule has 1 saturated heterocycles. The second-order valence-corrected chi connectivity index (χ2v) is 3.24. The van der Waals surface area contributed by atoms with Crippen LogP contribution in [0.5, 0.6) is 0 Å². The van der Waals surface area contributed by atoms with E-state index in [1.165, 1.54) is 0 Å². The maximum absolute atomic E-state index is 10.3. The van der Waals surface area contributed by atoms with Crippen LogP contribution in [0.15, 0.2) is 0 Å². The highest BCUT2D eigenvalue weighted by molar-refractivity contribution is 5.69. The lowest BCUT2D eigenvalue weighted by molar-refractivity contribution is -0.138. The van der Waals surface area contributed by atoms with Crippen molar-refractivity contribution in [2.45, 2.75) is 6.42 Å². The normalized spacial score (nSPS) is 24.6. The van der Waals surface area contributed by atoms with Gasteiger partial charge in [0.15, 0.2) is 0 Å². The molecule has 12 heavy (non-hydrogen) atoms. The standard InChI is InChI=1S/C8H15NO3/c1-12-6-7-2-3-9(4-7)5-8(10)11/h7H,2-6H2,1H3,(H,10,11). The van der Waals surface area contributed by atoms with Gasteiger partial charge >= 0.3 is 5.97 Å². The molecule has 1 atom stereocenters. The van der Waals surface area contributed by atoms with E-state index in [9.17, 15) is 4.79 Å². The molecule has 0 saturated carbocycles. The number of likely N-dealkylation sites (tertiary alicyclic amines) is 1. The van der Waals surface area contributed by atoms with Crippen LogP contribution < -0.4 is 0 Å². The Morgan fingerprint density at radius 3 is 3.08 bits per heavy atom. The number of carbonyl (C=O) groups is 1. The Morgan fingerprint density at radius 1 is 1.75 bits per heavy atom. The molecule has 1 aliphatic heterocycles. The van der Waals surface area contributed by atoms with Gasteiger partial charge in [-0.1, -0.05) is 0 Å². The highest BCUT2D eigenvalue weighted by Gasteiger charge is 2.23. The third kappa shape index (κ3) is 2.79. The van der Waals surface area contributed by atoms with Crippen LogP contribution in [0.4, 0.5) is 0 Å². The van der Waals surface area contributed by atoms with Crippen molar-refractivity contribution in [3.8, 4) is 0 Å². The topological polar surface area (TPSA) is 49.8 Å². The third-order valence-electron chi connectivity index (χ3n) is 2.13. The molecule has 1 aliphatic rings. The zero-order valence-corrected chi connectivity index (χ0v) is 7.32. The maximum Gasteiger partial charge on any atom is 0.317 e. The SMILES string of the molecule is COCC1CCN(CC(=O)O)C1. The zero-order chi connectivity index (χ0) is 8.97. The molecule has 1 N–H and O–H groups in total. The molecule has 0 aliphatic carbocycles. The molecule has 1 unspecified atom stereocenters. The number of methoxy groups -OCH3 is 1. The van der Waals surface area contributed by atoms with Gasteiger partial charge in [0.1, 0.15) is 0 Å². The Labute approximate surface area is 72.1 Å². The van der Waals surface area contributed by atoms with E-state index in [1.54, 1.807) is 7.11 Å². The summed E-state index contributed by atoms with van der Waals surface area (Å²) in [6, 6.07) is 0. The number of carboxylic acids is 1. The summed E-state index contributed by atoms with van der Waals surface area (Å²) in [4.78, 5) is 12.3. The first-order valence-electron chi connectivity index (χ1n) is 4.15. The Hall–Kier alpha value is -0.610. The number of aliphatic carboxylic acids is 1. The average Bonchev–Trinajstić information content (AvgIpc) is 2.36. The van der Waals surface area contributed by atoms with Crippen LogP contribution in [-0.2, 0) is 9.53 Å². The molecule has 0 amide bonds. The van der Waals surface area contributed by atoms with E-state index in [-0.39, 0.29) is 6.54 Å². The van der Waals surface area contributed by atoms with Crippen molar-refractivity contribution in [2.24, 2.45) is 5.92 Å². The maximum atomic E-state index is 10.3. The largest absolute Gasteiger partial charge is 0.480 e. The van der Waals surface area contributed by atoms with Gasteiger partial charge in [0.2, 0.25) is 0 Å². The van der Waals surface area contributed by atoms with E-state index < -0.39 is 5.97 Å². The highest BCUT2D eigenvalue weighted by Crippen LogP contribution is 2.15. The number of nitrogens with zero attached hydrogens (tertiary/aromatic N) is 1. The lowest BCUT2D eigenvalue weighted by Crippen LogP contribution is -2.27. The average molecular weight is 173 g/mol. The van der Waals surface area contributed by atoms with Gasteiger partial charge in [-0.05, 0) is 18.9 Å². The van der Waals surface area contributed by atoms with Crippen LogP contribution in [0.1, 0.15) is 6.42 Å². The van der Waals surface area contributed by atoms with Crippen LogP contribution in [0, 0.1) is 5.92 Å². The molecule has 0 bridgehead atoms. The van der Waals surface area contributed by atoms with Crippen LogP contribution >= 0.6 is 0 Å². The third-order valence-corrected chi connectivity index (χ3v) is 2.13. The van der Waals surface area contributed by atoms with Gasteiger partial charge in [-0.25, -0.2) is 0 Å². The number of rotatable bonds is 4. The summed E-state index contributed by atoms with van der Waals surface area (Å²) in [5.41, 5.74) is 0. The van der Waals surface area contributed by atoms with E-state index in [0.717, 1.165) is 26.1 Å².